The van der Waals surface area contributed by atoms with E-state index in [9.17, 15) is 4.79 Å². The van der Waals surface area contributed by atoms with E-state index in [1.165, 1.54) is 15.9 Å². The number of hydrogen-bond donors (Lipinski definition) is 0. The van der Waals surface area contributed by atoms with E-state index in [1.807, 2.05) is 12.1 Å². The van der Waals surface area contributed by atoms with E-state index in [0.717, 1.165) is 18.2 Å². The van der Waals surface area contributed by atoms with Gasteiger partial charge in [-0.3, -0.25) is 4.79 Å². The van der Waals surface area contributed by atoms with Crippen molar-refractivity contribution in [2.45, 2.75) is 0 Å². The first kappa shape index (κ1) is 20.1. The van der Waals surface area contributed by atoms with Crippen LogP contribution in [0, 0.1) is 0 Å². The zero-order valence-corrected chi connectivity index (χ0v) is 17.6. The van der Waals surface area contributed by atoms with Crippen molar-refractivity contribution in [3.05, 3.63) is 121 Å². The molecule has 0 aliphatic rings. The van der Waals surface area contributed by atoms with Gasteiger partial charge in [0.15, 0.2) is 0 Å². The first-order valence-electron chi connectivity index (χ1n) is 10.1. The van der Waals surface area contributed by atoms with Crippen LogP contribution in [0.4, 0.5) is 0 Å². The van der Waals surface area contributed by atoms with Gasteiger partial charge in [0.2, 0.25) is 0 Å². The quantitative estimate of drug-likeness (QED) is 0.305. The molecule has 0 N–H and O–H groups in total. The van der Waals surface area contributed by atoms with Crippen molar-refractivity contribution in [2.24, 2.45) is 0 Å². The third-order valence-electron chi connectivity index (χ3n) is 5.30. The molecule has 0 heterocycles. The fourth-order valence-electron chi connectivity index (χ4n) is 3.82. The van der Waals surface area contributed by atoms with Crippen molar-refractivity contribution < 1.29 is 9.53 Å². The minimum absolute atomic E-state index is 0.590. The van der Waals surface area contributed by atoms with E-state index in [4.69, 9.17) is 4.74 Å². The molecule has 0 radical (unpaired) electrons. The van der Waals surface area contributed by atoms with Crippen LogP contribution < -0.4 is 20.7 Å². The van der Waals surface area contributed by atoms with Crippen LogP contribution >= 0.6 is 7.26 Å². The Bertz CT molecular complexity index is 965. The second-order valence-electron chi connectivity index (χ2n) is 7.08. The zero-order chi connectivity index (χ0) is 20.7. The van der Waals surface area contributed by atoms with Gasteiger partial charge in [0.1, 0.15) is 48.0 Å². The minimum Gasteiger partial charge on any atom is -0.490 e. The maximum atomic E-state index is 10.9. The van der Waals surface area contributed by atoms with E-state index < -0.39 is 7.26 Å². The first-order chi connectivity index (χ1) is 14.8. The summed E-state index contributed by atoms with van der Waals surface area (Å²) in [7, 11) is -1.89. The highest BCUT2D eigenvalue weighted by Gasteiger charge is 2.45. The molecule has 0 saturated heterocycles. The van der Waals surface area contributed by atoms with Gasteiger partial charge in [0.25, 0.3) is 0 Å². The first-order valence-corrected chi connectivity index (χ1v) is 12.0. The molecule has 4 aromatic rings. The molecule has 0 aliphatic heterocycles. The van der Waals surface area contributed by atoms with Crippen molar-refractivity contribution in [2.75, 3.05) is 12.8 Å². The number of aldehydes is 1. The Balaban J connectivity index is 1.73. The lowest BCUT2D eigenvalue weighted by molar-refractivity contribution is 0.112. The van der Waals surface area contributed by atoms with Crippen LogP contribution in [0.5, 0.6) is 5.75 Å². The summed E-state index contributed by atoms with van der Waals surface area (Å²) in [5.74, 6) is 0.785. The zero-order valence-electron chi connectivity index (χ0n) is 16.7. The molecule has 0 aromatic heterocycles. The summed E-state index contributed by atoms with van der Waals surface area (Å²) >= 11 is 0. The van der Waals surface area contributed by atoms with Gasteiger partial charge >= 0.3 is 0 Å². The van der Waals surface area contributed by atoms with Crippen LogP contribution in [-0.4, -0.2) is 19.1 Å². The number of carbonyl (C=O) groups is 1. The second kappa shape index (κ2) is 9.52. The Kier molecular flexibility index (Phi) is 6.37. The molecule has 0 fully saturated rings. The molecule has 0 unspecified atom stereocenters. The second-order valence-corrected chi connectivity index (χ2v) is 10.7. The van der Waals surface area contributed by atoms with Crippen LogP contribution in [0.1, 0.15) is 10.4 Å². The summed E-state index contributed by atoms with van der Waals surface area (Å²) in [6, 6.07) is 39.7. The lowest BCUT2D eigenvalue weighted by Gasteiger charge is -2.27. The Morgan fingerprint density at radius 2 is 1.03 bits per heavy atom. The summed E-state index contributed by atoms with van der Waals surface area (Å²) in [5.41, 5.74) is 0.655. The predicted molar refractivity (Wildman–Crippen MR) is 127 cm³/mol. The number of rotatable bonds is 8. The third kappa shape index (κ3) is 4.20. The molecular weight excluding hydrogens is 387 g/mol. The summed E-state index contributed by atoms with van der Waals surface area (Å²) in [5, 5.41) is 4.05. The van der Waals surface area contributed by atoms with Crippen molar-refractivity contribution >= 4 is 29.5 Å². The highest BCUT2D eigenvalue weighted by molar-refractivity contribution is 7.95. The minimum atomic E-state index is -1.89. The van der Waals surface area contributed by atoms with Gasteiger partial charge in [-0.1, -0.05) is 54.6 Å². The van der Waals surface area contributed by atoms with E-state index in [-0.39, 0.29) is 0 Å². The van der Waals surface area contributed by atoms with Gasteiger partial charge in [-0.25, -0.2) is 0 Å². The highest BCUT2D eigenvalue weighted by atomic mass is 31.2. The Morgan fingerprint density at radius 1 is 0.600 bits per heavy atom. The molecule has 0 bridgehead atoms. The van der Waals surface area contributed by atoms with Gasteiger partial charge in [-0.15, -0.1) is 0 Å². The number of hydrogen-bond acceptors (Lipinski definition) is 2. The molecule has 0 saturated carbocycles. The molecule has 148 valence electrons. The van der Waals surface area contributed by atoms with Crippen molar-refractivity contribution in [3.63, 3.8) is 0 Å². The van der Waals surface area contributed by atoms with Crippen LogP contribution in [0.3, 0.4) is 0 Å². The molecule has 4 aromatic carbocycles. The molecule has 2 nitrogen and oxygen atoms in total. The van der Waals surface area contributed by atoms with Crippen LogP contribution in [-0.2, 0) is 0 Å². The number of benzene rings is 4. The lowest BCUT2D eigenvalue weighted by Crippen LogP contribution is -2.35. The van der Waals surface area contributed by atoms with Gasteiger partial charge in [-0.2, -0.15) is 0 Å². The molecule has 4 rings (SSSR count). The molecule has 3 heteroatoms. The average molecular weight is 411 g/mol. The molecule has 30 heavy (non-hydrogen) atoms. The van der Waals surface area contributed by atoms with E-state index in [0.29, 0.717) is 12.2 Å². The molecule has 0 spiro atoms. The topological polar surface area (TPSA) is 26.3 Å². The molecule has 0 aliphatic carbocycles. The normalized spacial score (nSPS) is 11.1. The Labute approximate surface area is 178 Å². The van der Waals surface area contributed by atoms with Crippen LogP contribution in [0.25, 0.3) is 0 Å². The largest absolute Gasteiger partial charge is 0.490 e. The van der Waals surface area contributed by atoms with E-state index >= 15 is 0 Å². The maximum absolute atomic E-state index is 10.9. The molecular formula is C27H24O2P+. The van der Waals surface area contributed by atoms with Gasteiger partial charge in [-0.05, 0) is 60.7 Å². The maximum Gasteiger partial charge on any atom is 0.150 e. The highest BCUT2D eigenvalue weighted by Crippen LogP contribution is 2.54. The summed E-state index contributed by atoms with van der Waals surface area (Å²) in [6.45, 7) is 0.590. The Hall–Kier alpha value is -3.22. The lowest BCUT2D eigenvalue weighted by atomic mass is 10.2. The third-order valence-corrected chi connectivity index (χ3v) is 9.69. The Morgan fingerprint density at radius 3 is 1.43 bits per heavy atom. The van der Waals surface area contributed by atoms with Crippen molar-refractivity contribution in [1.29, 1.82) is 0 Å². The fourth-order valence-corrected chi connectivity index (χ4v) is 7.90. The van der Waals surface area contributed by atoms with Gasteiger partial charge < -0.3 is 4.74 Å². The van der Waals surface area contributed by atoms with Crippen LogP contribution in [0.15, 0.2) is 115 Å². The number of ether oxygens (including phenoxy) is 1. The van der Waals surface area contributed by atoms with Crippen molar-refractivity contribution in [1.82, 2.24) is 0 Å². The molecule has 0 amide bonds. The smallest absolute Gasteiger partial charge is 0.150 e. The van der Waals surface area contributed by atoms with Crippen molar-refractivity contribution in [3.8, 4) is 5.75 Å². The summed E-state index contributed by atoms with van der Waals surface area (Å²) in [6.07, 6.45) is 1.74. The van der Waals surface area contributed by atoms with Crippen LogP contribution in [0.2, 0.25) is 0 Å². The monoisotopic (exact) mass is 411 g/mol. The van der Waals surface area contributed by atoms with E-state index in [2.05, 4.69) is 91.0 Å². The predicted octanol–water partition coefficient (Wildman–Crippen LogP) is 4.87. The van der Waals surface area contributed by atoms with E-state index in [1.54, 1.807) is 12.1 Å². The summed E-state index contributed by atoms with van der Waals surface area (Å²) in [4.78, 5) is 10.9. The standard InChI is InChI=1S/C27H24O2P/c28-22-23-16-18-24(19-17-23)29-20-21-30(25-10-4-1-5-11-25,26-12-6-2-7-13-26)27-14-8-3-9-15-27/h1-19,22H,20-21H2/q+1. The molecule has 0 atom stereocenters. The average Bonchev–Trinajstić information content (AvgIpc) is 2.84. The summed E-state index contributed by atoms with van der Waals surface area (Å²) < 4.78 is 6.14. The fraction of sp³-hybridized carbons (Fsp3) is 0.0741. The SMILES string of the molecule is O=Cc1ccc(OCC[P+](c2ccccc2)(c2ccccc2)c2ccccc2)cc1. The number of carbonyl (C=O) groups excluding carboxylic acids is 1. The van der Waals surface area contributed by atoms with Gasteiger partial charge in [0.05, 0.1) is 0 Å². The van der Waals surface area contributed by atoms with Gasteiger partial charge in [0, 0.05) is 5.56 Å².